The molecule has 0 amide bonds. The molecule has 0 aliphatic heterocycles. The van der Waals surface area contributed by atoms with Crippen LogP contribution >= 0.6 is 11.6 Å². The molecule has 4 heteroatoms. The molecule has 0 bridgehead atoms. The fourth-order valence-corrected chi connectivity index (χ4v) is 1.68. The molecule has 1 N–H and O–H groups in total. The molecule has 0 saturated heterocycles. The predicted molar refractivity (Wildman–Crippen MR) is 71.8 cm³/mol. The molecule has 1 aromatic heterocycles. The molecule has 0 aliphatic rings. The smallest absolute Gasteiger partial charge is 0.126 e. The number of fused-ring (bicyclic) bond motifs is 1. The van der Waals surface area contributed by atoms with Crippen LogP contribution in [0.4, 0.5) is 5.82 Å². The molecule has 3 nitrogen and oxygen atoms in total. The molecule has 0 fully saturated rings. The van der Waals surface area contributed by atoms with Crippen molar-refractivity contribution < 1.29 is 4.74 Å². The van der Waals surface area contributed by atoms with Crippen LogP contribution in [0.15, 0.2) is 36.4 Å². The highest BCUT2D eigenvalue weighted by molar-refractivity contribution is 6.17. The Balaban J connectivity index is 1.90. The summed E-state index contributed by atoms with van der Waals surface area (Å²) in [6, 6.07) is 12.1. The Morgan fingerprint density at radius 3 is 2.88 bits per heavy atom. The van der Waals surface area contributed by atoms with Gasteiger partial charge in [-0.25, -0.2) is 4.98 Å². The Hall–Kier alpha value is -1.32. The van der Waals surface area contributed by atoms with Gasteiger partial charge in [-0.15, -0.1) is 11.6 Å². The molecular weight excluding hydrogens is 236 g/mol. The first-order valence-corrected chi connectivity index (χ1v) is 6.17. The Morgan fingerprint density at radius 1 is 1.12 bits per heavy atom. The number of nitrogens with one attached hydrogen (secondary N) is 1. The zero-order valence-electron chi connectivity index (χ0n) is 9.53. The second-order valence-corrected chi connectivity index (χ2v) is 4.00. The lowest BCUT2D eigenvalue weighted by Crippen LogP contribution is -2.11. The zero-order chi connectivity index (χ0) is 11.9. The largest absolute Gasteiger partial charge is 0.378 e. The molecule has 90 valence electrons. The van der Waals surface area contributed by atoms with Crippen molar-refractivity contribution in [2.75, 3.05) is 31.0 Å². The van der Waals surface area contributed by atoms with E-state index in [1.807, 2.05) is 24.3 Å². The van der Waals surface area contributed by atoms with E-state index >= 15 is 0 Å². The monoisotopic (exact) mass is 250 g/mol. The first-order chi connectivity index (χ1) is 8.40. The average molecular weight is 251 g/mol. The summed E-state index contributed by atoms with van der Waals surface area (Å²) in [6.07, 6.45) is 0. The van der Waals surface area contributed by atoms with Crippen LogP contribution in [0.1, 0.15) is 0 Å². The van der Waals surface area contributed by atoms with E-state index in [1.54, 1.807) is 0 Å². The summed E-state index contributed by atoms with van der Waals surface area (Å²) in [5, 5.41) is 4.37. The van der Waals surface area contributed by atoms with Gasteiger partial charge in [-0.05, 0) is 18.2 Å². The van der Waals surface area contributed by atoms with Crippen LogP contribution in [-0.2, 0) is 4.74 Å². The molecule has 0 radical (unpaired) electrons. The number of anilines is 1. The number of aromatic nitrogens is 1. The van der Waals surface area contributed by atoms with Gasteiger partial charge < -0.3 is 10.1 Å². The fourth-order valence-electron chi connectivity index (χ4n) is 1.57. The number of halogens is 1. The first-order valence-electron chi connectivity index (χ1n) is 5.63. The van der Waals surface area contributed by atoms with Gasteiger partial charge in [-0.2, -0.15) is 0 Å². The van der Waals surface area contributed by atoms with E-state index in [2.05, 4.69) is 22.4 Å². The second-order valence-electron chi connectivity index (χ2n) is 3.62. The summed E-state index contributed by atoms with van der Waals surface area (Å²) in [7, 11) is 0. The highest BCUT2D eigenvalue weighted by atomic mass is 35.5. The summed E-state index contributed by atoms with van der Waals surface area (Å²) < 4.78 is 5.27. The Bertz CT molecular complexity index is 476. The lowest BCUT2D eigenvalue weighted by atomic mass is 10.2. The van der Waals surface area contributed by atoms with Crippen LogP contribution in [0.3, 0.4) is 0 Å². The zero-order valence-corrected chi connectivity index (χ0v) is 10.3. The highest BCUT2D eigenvalue weighted by Gasteiger charge is 1.96. The van der Waals surface area contributed by atoms with Crippen LogP contribution in [0.5, 0.6) is 0 Å². The second kappa shape index (κ2) is 6.42. The summed E-state index contributed by atoms with van der Waals surface area (Å²) in [6.45, 7) is 1.97. The minimum absolute atomic E-state index is 0.536. The Morgan fingerprint density at radius 2 is 2.00 bits per heavy atom. The Kier molecular flexibility index (Phi) is 4.59. The van der Waals surface area contributed by atoms with Crippen molar-refractivity contribution in [1.82, 2.24) is 4.98 Å². The number of benzene rings is 1. The number of nitrogens with zero attached hydrogens (tertiary/aromatic N) is 1. The maximum Gasteiger partial charge on any atom is 0.126 e. The maximum atomic E-state index is 5.51. The predicted octanol–water partition coefficient (Wildman–Crippen LogP) is 2.90. The van der Waals surface area contributed by atoms with Gasteiger partial charge in [0.1, 0.15) is 5.82 Å². The number of rotatable bonds is 6. The Labute approximate surface area is 106 Å². The van der Waals surface area contributed by atoms with Crippen molar-refractivity contribution in [3.05, 3.63) is 36.4 Å². The van der Waals surface area contributed by atoms with Crippen molar-refractivity contribution in [2.45, 2.75) is 0 Å². The van der Waals surface area contributed by atoms with Gasteiger partial charge in [-0.3, -0.25) is 0 Å². The number of hydrogen-bond donors (Lipinski definition) is 1. The summed E-state index contributed by atoms with van der Waals surface area (Å²) >= 11 is 5.51. The third-order valence-corrected chi connectivity index (χ3v) is 2.53. The molecular formula is C13H15ClN2O. The van der Waals surface area contributed by atoms with Crippen LogP contribution < -0.4 is 5.32 Å². The molecule has 0 unspecified atom stereocenters. The molecule has 0 saturated carbocycles. The van der Waals surface area contributed by atoms with Crippen molar-refractivity contribution >= 4 is 28.3 Å². The van der Waals surface area contributed by atoms with Crippen molar-refractivity contribution in [3.63, 3.8) is 0 Å². The molecule has 1 aromatic carbocycles. The third kappa shape index (κ3) is 3.58. The van der Waals surface area contributed by atoms with Gasteiger partial charge in [-0.1, -0.05) is 18.2 Å². The normalized spacial score (nSPS) is 10.6. The number of pyridine rings is 1. The fraction of sp³-hybridized carbons (Fsp3) is 0.308. The topological polar surface area (TPSA) is 34.1 Å². The number of ether oxygens (including phenoxy) is 1. The van der Waals surface area contributed by atoms with Crippen LogP contribution in [0.25, 0.3) is 10.9 Å². The van der Waals surface area contributed by atoms with Gasteiger partial charge in [0, 0.05) is 17.8 Å². The SMILES string of the molecule is ClCCOCCNc1ccc2ccccc2n1. The molecule has 2 aromatic rings. The van der Waals surface area contributed by atoms with Crippen molar-refractivity contribution in [2.24, 2.45) is 0 Å². The van der Waals surface area contributed by atoms with Gasteiger partial charge in [0.2, 0.25) is 0 Å². The van der Waals surface area contributed by atoms with E-state index in [0.717, 1.165) is 23.3 Å². The van der Waals surface area contributed by atoms with Gasteiger partial charge in [0.25, 0.3) is 0 Å². The van der Waals surface area contributed by atoms with Crippen molar-refractivity contribution in [3.8, 4) is 0 Å². The number of alkyl halides is 1. The molecule has 1 heterocycles. The van der Waals surface area contributed by atoms with Gasteiger partial charge >= 0.3 is 0 Å². The highest BCUT2D eigenvalue weighted by Crippen LogP contribution is 2.14. The van der Waals surface area contributed by atoms with E-state index < -0.39 is 0 Å². The van der Waals surface area contributed by atoms with E-state index in [-0.39, 0.29) is 0 Å². The first kappa shape index (κ1) is 12.1. The minimum Gasteiger partial charge on any atom is -0.378 e. The lowest BCUT2D eigenvalue weighted by Gasteiger charge is -2.06. The molecule has 0 atom stereocenters. The number of para-hydroxylation sites is 1. The van der Waals surface area contributed by atoms with Crippen LogP contribution in [0.2, 0.25) is 0 Å². The van der Waals surface area contributed by atoms with Gasteiger partial charge in [0.15, 0.2) is 0 Å². The van der Waals surface area contributed by atoms with E-state index in [1.165, 1.54) is 0 Å². The van der Waals surface area contributed by atoms with Crippen LogP contribution in [-0.4, -0.2) is 30.6 Å². The van der Waals surface area contributed by atoms with Gasteiger partial charge in [0.05, 0.1) is 18.7 Å². The number of hydrogen-bond acceptors (Lipinski definition) is 3. The standard InChI is InChI=1S/C13H15ClN2O/c14-7-9-17-10-8-15-13-6-5-11-3-1-2-4-12(11)16-13/h1-6H,7-10H2,(H,15,16). The van der Waals surface area contributed by atoms with Crippen LogP contribution in [0, 0.1) is 0 Å². The van der Waals surface area contributed by atoms with Crippen molar-refractivity contribution in [1.29, 1.82) is 0 Å². The molecule has 17 heavy (non-hydrogen) atoms. The quantitative estimate of drug-likeness (QED) is 0.632. The maximum absolute atomic E-state index is 5.51. The average Bonchev–Trinajstić information content (AvgIpc) is 2.38. The molecule has 0 spiro atoms. The third-order valence-electron chi connectivity index (χ3n) is 2.37. The lowest BCUT2D eigenvalue weighted by molar-refractivity contribution is 0.160. The summed E-state index contributed by atoms with van der Waals surface area (Å²) in [5.74, 6) is 1.41. The molecule has 2 rings (SSSR count). The minimum atomic E-state index is 0.536. The summed E-state index contributed by atoms with van der Waals surface area (Å²) in [4.78, 5) is 4.50. The van der Waals surface area contributed by atoms with E-state index in [4.69, 9.17) is 16.3 Å². The molecule has 0 aliphatic carbocycles. The summed E-state index contributed by atoms with van der Waals surface area (Å²) in [5.41, 5.74) is 0.999. The van der Waals surface area contributed by atoms with E-state index in [9.17, 15) is 0 Å². The van der Waals surface area contributed by atoms with E-state index in [0.29, 0.717) is 19.1 Å².